The molecule has 0 aromatic heterocycles. The van der Waals surface area contributed by atoms with Gasteiger partial charge in [-0.15, -0.1) is 0 Å². The minimum atomic E-state index is -0.315. The lowest BCUT2D eigenvalue weighted by molar-refractivity contribution is -0.710. The quantitative estimate of drug-likeness (QED) is 0.881. The van der Waals surface area contributed by atoms with Gasteiger partial charge >= 0.3 is 0 Å². The van der Waals surface area contributed by atoms with E-state index < -0.39 is 0 Å². The van der Waals surface area contributed by atoms with Crippen LogP contribution >= 0.6 is 11.6 Å². The van der Waals surface area contributed by atoms with Crippen molar-refractivity contribution in [3.8, 4) is 0 Å². The monoisotopic (exact) mass is 358 g/mol. The fourth-order valence-corrected chi connectivity index (χ4v) is 3.19. The number of quaternary nitrogens is 1. The lowest BCUT2D eigenvalue weighted by Crippen LogP contribution is -2.92. The van der Waals surface area contributed by atoms with E-state index in [0.717, 1.165) is 11.3 Å². The Kier molecular flexibility index (Phi) is 5.06. The van der Waals surface area contributed by atoms with Gasteiger partial charge in [0.25, 0.3) is 5.91 Å². The minimum absolute atomic E-state index is 0.0450. The summed E-state index contributed by atoms with van der Waals surface area (Å²) in [5, 5.41) is 5.49. The third kappa shape index (κ3) is 3.83. The van der Waals surface area contributed by atoms with Crippen molar-refractivity contribution in [1.29, 1.82) is 0 Å². The Morgan fingerprint density at radius 2 is 1.84 bits per heavy atom. The summed E-state index contributed by atoms with van der Waals surface area (Å²) in [6, 6.07) is 14.8. The molecule has 0 saturated carbocycles. The second kappa shape index (κ2) is 7.25. The van der Waals surface area contributed by atoms with Gasteiger partial charge in [-0.2, -0.15) is 0 Å². The van der Waals surface area contributed by atoms with Crippen LogP contribution in [0.1, 0.15) is 25.5 Å². The molecule has 2 aromatic rings. The number of anilines is 2. The molecule has 130 valence electrons. The molecule has 2 amide bonds. The molecule has 2 atom stereocenters. The highest BCUT2D eigenvalue weighted by Crippen LogP contribution is 2.29. The van der Waals surface area contributed by atoms with Crippen LogP contribution in [0.15, 0.2) is 48.5 Å². The Labute approximate surface area is 152 Å². The normalized spacial score (nSPS) is 16.0. The Hall–Kier alpha value is -2.37. The molecule has 0 saturated heterocycles. The number of benzene rings is 2. The molecule has 0 fully saturated rings. The van der Waals surface area contributed by atoms with Crippen LogP contribution < -0.4 is 15.5 Å². The van der Waals surface area contributed by atoms with Crippen LogP contribution in [0, 0.1) is 0 Å². The van der Waals surface area contributed by atoms with Gasteiger partial charge in [0.2, 0.25) is 5.91 Å². The van der Waals surface area contributed by atoms with Gasteiger partial charge in [0, 0.05) is 10.6 Å². The number of hydrogen-bond donors (Lipinski definition) is 2. The molecule has 3 rings (SSSR count). The van der Waals surface area contributed by atoms with E-state index in [-0.39, 0.29) is 30.4 Å². The predicted molar refractivity (Wildman–Crippen MR) is 98.7 cm³/mol. The largest absolute Gasteiger partial charge is 0.330 e. The molecular weight excluding hydrogens is 338 g/mol. The van der Waals surface area contributed by atoms with Crippen molar-refractivity contribution in [2.75, 3.05) is 16.8 Å². The molecule has 0 unspecified atom stereocenters. The zero-order chi connectivity index (χ0) is 18.0. The van der Waals surface area contributed by atoms with Crippen LogP contribution in [-0.2, 0) is 9.59 Å². The lowest BCUT2D eigenvalue weighted by atomic mass is 10.1. The summed E-state index contributed by atoms with van der Waals surface area (Å²) in [7, 11) is 0. The van der Waals surface area contributed by atoms with Gasteiger partial charge in [0.15, 0.2) is 6.04 Å². The second-order valence-electron chi connectivity index (χ2n) is 6.31. The maximum atomic E-state index is 12.9. The van der Waals surface area contributed by atoms with Gasteiger partial charge < -0.3 is 10.6 Å². The van der Waals surface area contributed by atoms with Crippen molar-refractivity contribution in [3.05, 3.63) is 59.1 Å². The van der Waals surface area contributed by atoms with Gasteiger partial charge in [0.05, 0.1) is 11.4 Å². The van der Waals surface area contributed by atoms with Crippen molar-refractivity contribution in [2.45, 2.75) is 25.9 Å². The number of carbonyl (C=O) groups excluding carboxylic acids is 2. The van der Waals surface area contributed by atoms with E-state index in [1.165, 1.54) is 0 Å². The zero-order valence-electron chi connectivity index (χ0n) is 14.2. The number of fused-ring (bicyclic) bond motifs is 1. The fraction of sp³-hybridized carbons (Fsp3) is 0.263. The first-order valence-corrected chi connectivity index (χ1v) is 8.64. The molecule has 1 heterocycles. The van der Waals surface area contributed by atoms with Crippen molar-refractivity contribution in [2.24, 2.45) is 0 Å². The second-order valence-corrected chi connectivity index (χ2v) is 6.75. The van der Waals surface area contributed by atoms with Crippen LogP contribution in [0.25, 0.3) is 0 Å². The van der Waals surface area contributed by atoms with Gasteiger partial charge in [-0.3, -0.25) is 14.5 Å². The highest BCUT2D eigenvalue weighted by Gasteiger charge is 2.32. The standard InChI is InChI=1S/C19H20ClN3O2/c1-12(14-7-9-15(20)10-8-14)21-13(2)19(25)23-11-18(24)22-16-5-3-4-6-17(16)23/h3-10,12-13,21H,11H2,1-2H3,(H,22,24)/p+1/t12-,13+/m0/s1. The molecule has 3 N–H and O–H groups in total. The Morgan fingerprint density at radius 1 is 1.16 bits per heavy atom. The van der Waals surface area contributed by atoms with Crippen LogP contribution in [0.3, 0.4) is 0 Å². The first kappa shape index (κ1) is 17.5. The highest BCUT2D eigenvalue weighted by molar-refractivity contribution is 6.30. The summed E-state index contributed by atoms with van der Waals surface area (Å²) in [5.41, 5.74) is 2.51. The predicted octanol–water partition coefficient (Wildman–Crippen LogP) is 2.34. The van der Waals surface area contributed by atoms with Crippen molar-refractivity contribution < 1.29 is 14.9 Å². The van der Waals surface area contributed by atoms with Crippen LogP contribution in [0.5, 0.6) is 0 Å². The van der Waals surface area contributed by atoms with Crippen LogP contribution in [0.2, 0.25) is 5.02 Å². The summed E-state index contributed by atoms with van der Waals surface area (Å²) < 4.78 is 0. The van der Waals surface area contributed by atoms with Crippen molar-refractivity contribution in [1.82, 2.24) is 0 Å². The molecule has 1 aliphatic heterocycles. The van der Waals surface area contributed by atoms with E-state index >= 15 is 0 Å². The maximum Gasteiger partial charge on any atom is 0.285 e. The molecule has 25 heavy (non-hydrogen) atoms. The van der Waals surface area contributed by atoms with E-state index in [1.807, 2.05) is 61.6 Å². The van der Waals surface area contributed by atoms with E-state index in [0.29, 0.717) is 10.7 Å². The third-order valence-corrected chi connectivity index (χ3v) is 4.65. The maximum absolute atomic E-state index is 12.9. The van der Waals surface area contributed by atoms with Gasteiger partial charge in [-0.25, -0.2) is 0 Å². The summed E-state index contributed by atoms with van der Waals surface area (Å²) >= 11 is 5.93. The van der Waals surface area contributed by atoms with Crippen molar-refractivity contribution >= 4 is 34.8 Å². The summed E-state index contributed by atoms with van der Waals surface area (Å²) in [5.74, 6) is -0.256. The number of para-hydroxylation sites is 2. The molecule has 0 radical (unpaired) electrons. The van der Waals surface area contributed by atoms with Crippen molar-refractivity contribution in [3.63, 3.8) is 0 Å². The van der Waals surface area contributed by atoms with E-state index in [9.17, 15) is 9.59 Å². The van der Waals surface area contributed by atoms with Gasteiger partial charge in [-0.1, -0.05) is 35.9 Å². The number of halogens is 1. The number of nitrogens with one attached hydrogen (secondary N) is 1. The molecule has 0 spiro atoms. The summed E-state index contributed by atoms with van der Waals surface area (Å²) in [6.07, 6.45) is 0. The number of carbonyl (C=O) groups is 2. The molecular formula is C19H21ClN3O2+. The molecule has 5 nitrogen and oxygen atoms in total. The van der Waals surface area contributed by atoms with Crippen LogP contribution in [-0.4, -0.2) is 24.4 Å². The zero-order valence-corrected chi connectivity index (χ0v) is 15.0. The first-order chi connectivity index (χ1) is 12.0. The fourth-order valence-electron chi connectivity index (χ4n) is 3.07. The average molecular weight is 359 g/mol. The average Bonchev–Trinajstić information content (AvgIpc) is 2.60. The Bertz CT molecular complexity index is 792. The minimum Gasteiger partial charge on any atom is -0.330 e. The van der Waals surface area contributed by atoms with E-state index in [2.05, 4.69) is 5.32 Å². The number of amides is 2. The smallest absolute Gasteiger partial charge is 0.285 e. The molecule has 0 bridgehead atoms. The SMILES string of the molecule is C[C@H]([NH2+][C@H](C)C(=O)N1CC(=O)Nc2ccccc21)c1ccc(Cl)cc1. The molecule has 6 heteroatoms. The topological polar surface area (TPSA) is 66.0 Å². The molecule has 0 aliphatic carbocycles. The highest BCUT2D eigenvalue weighted by atomic mass is 35.5. The Morgan fingerprint density at radius 3 is 2.56 bits per heavy atom. The van der Waals surface area contributed by atoms with Gasteiger partial charge in [-0.05, 0) is 38.1 Å². The number of nitrogens with zero attached hydrogens (tertiary/aromatic N) is 1. The number of hydrogen-bond acceptors (Lipinski definition) is 2. The van der Waals surface area contributed by atoms with Gasteiger partial charge in [0.1, 0.15) is 12.6 Å². The number of rotatable bonds is 4. The first-order valence-electron chi connectivity index (χ1n) is 8.26. The van der Waals surface area contributed by atoms with E-state index in [1.54, 1.807) is 11.0 Å². The van der Waals surface area contributed by atoms with Crippen LogP contribution in [0.4, 0.5) is 11.4 Å². The Balaban J connectivity index is 1.74. The van der Waals surface area contributed by atoms with E-state index in [4.69, 9.17) is 11.6 Å². The molecule has 1 aliphatic rings. The summed E-state index contributed by atoms with van der Waals surface area (Å²) in [4.78, 5) is 26.4. The molecule has 2 aromatic carbocycles. The number of nitrogens with two attached hydrogens (primary N) is 1. The lowest BCUT2D eigenvalue weighted by Gasteiger charge is -2.30. The summed E-state index contributed by atoms with van der Waals surface area (Å²) in [6.45, 7) is 3.96. The third-order valence-electron chi connectivity index (χ3n) is 4.40.